The average Bonchev–Trinajstić information content (AvgIpc) is 2.46. The monoisotopic (exact) mass is 349 g/mol. The van der Waals surface area contributed by atoms with Crippen molar-refractivity contribution in [3.8, 4) is 0 Å². The minimum Gasteiger partial charge on any atom is -0.318 e. The lowest BCUT2D eigenvalue weighted by Gasteiger charge is -2.36. The summed E-state index contributed by atoms with van der Waals surface area (Å²) in [5, 5.41) is -1.20. The predicted octanol–water partition coefficient (Wildman–Crippen LogP) is 2.03. The number of aryl methyl sites for hydroxylation is 1. The third-order valence-electron chi connectivity index (χ3n) is 3.52. The van der Waals surface area contributed by atoms with E-state index in [1.165, 1.54) is 36.0 Å². The fourth-order valence-corrected chi connectivity index (χ4v) is 5.05. The number of benzene rings is 1. The highest BCUT2D eigenvalue weighted by Crippen LogP contribution is 2.33. The normalized spacial score (nSPS) is 20.0. The molecule has 1 aromatic carbocycles. The number of hydrogen-bond donors (Lipinski definition) is 0. The lowest BCUT2D eigenvalue weighted by Crippen LogP contribution is -2.54. The molecule has 0 saturated carbocycles. The van der Waals surface area contributed by atoms with Crippen LogP contribution in [-0.2, 0) is 20.6 Å². The molecule has 1 aliphatic rings. The number of carbonyl (C=O) groups is 1. The number of rotatable bonds is 3. The van der Waals surface area contributed by atoms with Gasteiger partial charge in [-0.15, -0.1) is 0 Å². The van der Waals surface area contributed by atoms with Crippen LogP contribution in [0.5, 0.6) is 0 Å². The van der Waals surface area contributed by atoms with Crippen molar-refractivity contribution in [2.75, 3.05) is 24.3 Å². The summed E-state index contributed by atoms with van der Waals surface area (Å²) in [5.74, 6) is -4.62. The summed E-state index contributed by atoms with van der Waals surface area (Å²) < 4.78 is 52.4. The number of halogens is 2. The first kappa shape index (κ1) is 17.2. The highest BCUT2D eigenvalue weighted by atomic mass is 32.2. The Kier molecular flexibility index (Phi) is 4.81. The molecule has 4 nitrogen and oxygen atoms in total. The largest absolute Gasteiger partial charge is 0.350 e. The summed E-state index contributed by atoms with van der Waals surface area (Å²) in [6, 6.07) is 5.38. The van der Waals surface area contributed by atoms with E-state index in [9.17, 15) is 22.0 Å². The van der Waals surface area contributed by atoms with Gasteiger partial charge in [-0.2, -0.15) is 20.5 Å². The standard InChI is InChI=1S/C14H17F2NO3S2/c1-10-3-5-11(6-4-10)14(15,16)13(18)17-7-8-21-9-12(17)22(2,19)20/h3-6,12H,7-9H2,1-2H3/t12-/m0/s1. The van der Waals surface area contributed by atoms with Crippen molar-refractivity contribution in [2.24, 2.45) is 0 Å². The maximum absolute atomic E-state index is 14.4. The van der Waals surface area contributed by atoms with Gasteiger partial charge in [-0.1, -0.05) is 29.8 Å². The number of alkyl halides is 2. The molecule has 0 aromatic heterocycles. The molecule has 1 heterocycles. The second kappa shape index (κ2) is 6.16. The SMILES string of the molecule is Cc1ccc(C(F)(F)C(=O)N2CCSC[C@@H]2S(C)(=O)=O)cc1. The third-order valence-corrected chi connectivity index (χ3v) is 6.17. The highest BCUT2D eigenvalue weighted by Gasteiger charge is 2.48. The first-order valence-electron chi connectivity index (χ1n) is 6.66. The lowest BCUT2D eigenvalue weighted by molar-refractivity contribution is -0.159. The number of nitrogens with zero attached hydrogens (tertiary/aromatic N) is 1. The second-order valence-electron chi connectivity index (χ2n) is 5.30. The fourth-order valence-electron chi connectivity index (χ4n) is 2.23. The Morgan fingerprint density at radius 1 is 1.32 bits per heavy atom. The van der Waals surface area contributed by atoms with Gasteiger partial charge in [0.2, 0.25) is 0 Å². The van der Waals surface area contributed by atoms with Gasteiger partial charge in [0.25, 0.3) is 5.91 Å². The molecule has 2 rings (SSSR count). The van der Waals surface area contributed by atoms with Gasteiger partial charge in [-0.25, -0.2) is 8.42 Å². The van der Waals surface area contributed by atoms with E-state index in [-0.39, 0.29) is 12.3 Å². The van der Waals surface area contributed by atoms with Gasteiger partial charge < -0.3 is 4.90 Å². The van der Waals surface area contributed by atoms with Crippen LogP contribution in [0.4, 0.5) is 8.78 Å². The molecular formula is C14H17F2NO3S2. The van der Waals surface area contributed by atoms with E-state index < -0.39 is 32.6 Å². The van der Waals surface area contributed by atoms with Crippen LogP contribution in [0.2, 0.25) is 0 Å². The number of carbonyl (C=O) groups excluding carboxylic acids is 1. The van der Waals surface area contributed by atoms with E-state index in [0.29, 0.717) is 5.75 Å². The Hall–Kier alpha value is -1.15. The molecule has 0 bridgehead atoms. The zero-order chi connectivity index (χ0) is 16.5. The summed E-state index contributed by atoms with van der Waals surface area (Å²) in [6.45, 7) is 1.76. The van der Waals surface area contributed by atoms with Crippen molar-refractivity contribution in [1.29, 1.82) is 0 Å². The molecule has 8 heteroatoms. The number of thioether (sulfide) groups is 1. The highest BCUT2D eigenvalue weighted by molar-refractivity contribution is 8.00. The molecule has 122 valence electrons. The molecule has 0 N–H and O–H groups in total. The smallest absolute Gasteiger partial charge is 0.318 e. The Morgan fingerprint density at radius 2 is 1.91 bits per heavy atom. The fraction of sp³-hybridized carbons (Fsp3) is 0.500. The quantitative estimate of drug-likeness (QED) is 0.838. The topological polar surface area (TPSA) is 54.5 Å². The molecule has 1 aromatic rings. The van der Waals surface area contributed by atoms with Crippen LogP contribution >= 0.6 is 11.8 Å². The first-order chi connectivity index (χ1) is 10.1. The zero-order valence-electron chi connectivity index (χ0n) is 12.3. The minimum atomic E-state index is -3.74. The van der Waals surface area contributed by atoms with E-state index in [4.69, 9.17) is 0 Å². The van der Waals surface area contributed by atoms with Crippen LogP contribution in [0.1, 0.15) is 11.1 Å². The van der Waals surface area contributed by atoms with E-state index in [2.05, 4.69) is 0 Å². The molecule has 1 amide bonds. The summed E-state index contributed by atoms with van der Waals surface area (Å²) in [4.78, 5) is 13.1. The van der Waals surface area contributed by atoms with Gasteiger partial charge in [0, 0.05) is 29.9 Å². The van der Waals surface area contributed by atoms with Gasteiger partial charge >= 0.3 is 5.92 Å². The van der Waals surface area contributed by atoms with Gasteiger partial charge in [-0.05, 0) is 6.92 Å². The molecule has 0 radical (unpaired) electrons. The van der Waals surface area contributed by atoms with Crippen molar-refractivity contribution in [3.05, 3.63) is 35.4 Å². The average molecular weight is 349 g/mol. The van der Waals surface area contributed by atoms with Crippen LogP contribution in [0, 0.1) is 6.92 Å². The second-order valence-corrected chi connectivity index (χ2v) is 8.65. The molecule has 0 unspecified atom stereocenters. The van der Waals surface area contributed by atoms with Crippen LogP contribution in [0.15, 0.2) is 24.3 Å². The predicted molar refractivity (Wildman–Crippen MR) is 82.7 cm³/mol. The summed E-state index contributed by atoms with van der Waals surface area (Å²) in [6.07, 6.45) is 0.966. The molecule has 0 aliphatic carbocycles. The molecule has 1 fully saturated rings. The minimum absolute atomic E-state index is 0.00267. The molecule has 0 spiro atoms. The van der Waals surface area contributed by atoms with Crippen LogP contribution in [0.3, 0.4) is 0 Å². The van der Waals surface area contributed by atoms with Crippen molar-refractivity contribution in [2.45, 2.75) is 18.2 Å². The summed E-state index contributed by atoms with van der Waals surface area (Å²) in [5.41, 5.74) is 0.379. The number of sulfone groups is 1. The maximum atomic E-state index is 14.4. The third kappa shape index (κ3) is 3.43. The number of hydrogen-bond acceptors (Lipinski definition) is 4. The van der Waals surface area contributed by atoms with Crippen molar-refractivity contribution >= 4 is 27.5 Å². The maximum Gasteiger partial charge on any atom is 0.350 e. The first-order valence-corrected chi connectivity index (χ1v) is 9.77. The summed E-state index contributed by atoms with van der Waals surface area (Å²) >= 11 is 1.34. The molecule has 1 aliphatic heterocycles. The van der Waals surface area contributed by atoms with Gasteiger partial charge in [-0.3, -0.25) is 4.79 Å². The van der Waals surface area contributed by atoms with E-state index >= 15 is 0 Å². The van der Waals surface area contributed by atoms with E-state index in [1.807, 2.05) is 0 Å². The van der Waals surface area contributed by atoms with E-state index in [1.54, 1.807) is 6.92 Å². The van der Waals surface area contributed by atoms with Gasteiger partial charge in [0.15, 0.2) is 9.84 Å². The van der Waals surface area contributed by atoms with Crippen LogP contribution < -0.4 is 0 Å². The van der Waals surface area contributed by atoms with Crippen molar-refractivity contribution < 1.29 is 22.0 Å². The van der Waals surface area contributed by atoms with Crippen molar-refractivity contribution in [3.63, 3.8) is 0 Å². The molecule has 1 atom stereocenters. The Bertz CT molecular complexity index is 659. The van der Waals surface area contributed by atoms with Gasteiger partial charge in [0.05, 0.1) is 0 Å². The Morgan fingerprint density at radius 3 is 2.45 bits per heavy atom. The van der Waals surface area contributed by atoms with Crippen LogP contribution in [0.25, 0.3) is 0 Å². The van der Waals surface area contributed by atoms with Gasteiger partial charge in [0.1, 0.15) is 5.37 Å². The van der Waals surface area contributed by atoms with Crippen molar-refractivity contribution in [1.82, 2.24) is 4.90 Å². The zero-order valence-corrected chi connectivity index (χ0v) is 13.9. The van der Waals surface area contributed by atoms with E-state index in [0.717, 1.165) is 16.7 Å². The Balaban J connectivity index is 2.33. The molecular weight excluding hydrogens is 332 g/mol. The molecule has 22 heavy (non-hydrogen) atoms. The number of amides is 1. The van der Waals surface area contributed by atoms with Crippen LogP contribution in [-0.4, -0.2) is 48.9 Å². The molecule has 1 saturated heterocycles. The lowest BCUT2D eigenvalue weighted by atomic mass is 10.1. The summed E-state index contributed by atoms with van der Waals surface area (Å²) in [7, 11) is -3.62. The Labute approximate surface area is 132 Å².